The van der Waals surface area contributed by atoms with Crippen molar-refractivity contribution in [1.29, 1.82) is 0 Å². The van der Waals surface area contributed by atoms with Crippen molar-refractivity contribution in [1.82, 2.24) is 5.32 Å². The maximum Gasteiger partial charge on any atom is 0.154 e. The summed E-state index contributed by atoms with van der Waals surface area (Å²) in [5, 5.41) is 13.0. The van der Waals surface area contributed by atoms with Crippen molar-refractivity contribution < 1.29 is 13.5 Å². The first-order valence-corrected chi connectivity index (χ1v) is 7.86. The van der Waals surface area contributed by atoms with Gasteiger partial charge < -0.3 is 10.4 Å². The second-order valence-corrected chi connectivity index (χ2v) is 7.59. The van der Waals surface area contributed by atoms with Crippen LogP contribution in [0.15, 0.2) is 0 Å². The van der Waals surface area contributed by atoms with Crippen molar-refractivity contribution in [2.24, 2.45) is 11.8 Å². The predicted octanol–water partition coefficient (Wildman–Crippen LogP) is 0.168. The van der Waals surface area contributed by atoms with Crippen LogP contribution >= 0.6 is 0 Å². The van der Waals surface area contributed by atoms with Gasteiger partial charge >= 0.3 is 0 Å². The molecule has 16 heavy (non-hydrogen) atoms. The topological polar surface area (TPSA) is 66.4 Å². The smallest absolute Gasteiger partial charge is 0.154 e. The molecule has 0 bridgehead atoms. The van der Waals surface area contributed by atoms with Crippen molar-refractivity contribution >= 4 is 9.84 Å². The molecule has 1 saturated heterocycles. The lowest BCUT2D eigenvalue weighted by Crippen LogP contribution is -2.46. The van der Waals surface area contributed by atoms with Crippen molar-refractivity contribution in [2.45, 2.75) is 44.9 Å². The molecule has 0 amide bonds. The SMILES string of the molecule is CC1CCC(NC2CS(=O)(=O)CC2O)C1C. The second kappa shape index (κ2) is 4.27. The first-order chi connectivity index (χ1) is 7.39. The fraction of sp³-hybridized carbons (Fsp3) is 1.00. The van der Waals surface area contributed by atoms with Crippen LogP contribution in [0.2, 0.25) is 0 Å². The molecule has 5 unspecified atom stereocenters. The van der Waals surface area contributed by atoms with Gasteiger partial charge in [0.2, 0.25) is 0 Å². The molecule has 1 saturated carbocycles. The molecule has 2 fully saturated rings. The minimum absolute atomic E-state index is 0.0820. The normalized spacial score (nSPS) is 47.3. The minimum Gasteiger partial charge on any atom is -0.390 e. The van der Waals surface area contributed by atoms with Crippen LogP contribution in [0, 0.1) is 11.8 Å². The summed E-state index contributed by atoms with van der Waals surface area (Å²) in [5.41, 5.74) is 0. The Balaban J connectivity index is 1.96. The molecule has 2 rings (SSSR count). The lowest BCUT2D eigenvalue weighted by Gasteiger charge is -2.24. The number of hydrogen-bond acceptors (Lipinski definition) is 4. The molecule has 2 aliphatic rings. The highest BCUT2D eigenvalue weighted by atomic mass is 32.2. The average Bonchev–Trinajstić information content (AvgIpc) is 2.60. The standard InChI is InChI=1S/C11H21NO3S/c1-7-3-4-9(8(7)2)12-10-5-16(14,15)6-11(10)13/h7-13H,3-6H2,1-2H3. The molecule has 0 spiro atoms. The zero-order chi connectivity index (χ0) is 11.9. The van der Waals surface area contributed by atoms with E-state index in [1.165, 1.54) is 6.42 Å². The maximum absolute atomic E-state index is 11.4. The molecule has 2 N–H and O–H groups in total. The molecule has 5 atom stereocenters. The van der Waals surface area contributed by atoms with Crippen LogP contribution < -0.4 is 5.32 Å². The molecular formula is C11H21NO3S. The molecule has 0 radical (unpaired) electrons. The summed E-state index contributed by atoms with van der Waals surface area (Å²) in [4.78, 5) is 0. The number of aliphatic hydroxyl groups excluding tert-OH is 1. The zero-order valence-corrected chi connectivity index (χ0v) is 10.7. The summed E-state index contributed by atoms with van der Waals surface area (Å²) >= 11 is 0. The lowest BCUT2D eigenvalue weighted by atomic mass is 9.97. The van der Waals surface area contributed by atoms with Crippen LogP contribution in [0.25, 0.3) is 0 Å². The van der Waals surface area contributed by atoms with Gasteiger partial charge in [-0.2, -0.15) is 0 Å². The molecule has 94 valence electrons. The molecule has 0 aromatic heterocycles. The largest absolute Gasteiger partial charge is 0.390 e. The Kier molecular flexibility index (Phi) is 3.29. The molecule has 5 heteroatoms. The molecule has 4 nitrogen and oxygen atoms in total. The van der Waals surface area contributed by atoms with Gasteiger partial charge in [-0.1, -0.05) is 13.8 Å². The van der Waals surface area contributed by atoms with E-state index in [9.17, 15) is 13.5 Å². The zero-order valence-electron chi connectivity index (χ0n) is 9.89. The maximum atomic E-state index is 11.4. The second-order valence-electron chi connectivity index (χ2n) is 5.44. The van der Waals surface area contributed by atoms with Gasteiger partial charge in [0, 0.05) is 12.1 Å². The van der Waals surface area contributed by atoms with E-state index in [2.05, 4.69) is 19.2 Å². The highest BCUT2D eigenvalue weighted by Crippen LogP contribution is 2.32. The Bertz CT molecular complexity index is 354. The molecule has 1 aliphatic carbocycles. The van der Waals surface area contributed by atoms with E-state index in [4.69, 9.17) is 0 Å². The van der Waals surface area contributed by atoms with Crippen LogP contribution in [-0.2, 0) is 9.84 Å². The van der Waals surface area contributed by atoms with Gasteiger partial charge in [0.15, 0.2) is 9.84 Å². The number of nitrogens with one attached hydrogen (secondary N) is 1. The van der Waals surface area contributed by atoms with Crippen LogP contribution in [0.4, 0.5) is 0 Å². The van der Waals surface area contributed by atoms with Gasteiger partial charge in [0.1, 0.15) is 0 Å². The van der Waals surface area contributed by atoms with E-state index in [-0.39, 0.29) is 17.5 Å². The highest BCUT2D eigenvalue weighted by molar-refractivity contribution is 7.91. The van der Waals surface area contributed by atoms with E-state index in [0.29, 0.717) is 17.9 Å². The highest BCUT2D eigenvalue weighted by Gasteiger charge is 2.39. The van der Waals surface area contributed by atoms with Gasteiger partial charge in [0.25, 0.3) is 0 Å². The Morgan fingerprint density at radius 1 is 1.12 bits per heavy atom. The Labute approximate surface area is 97.3 Å². The van der Waals surface area contributed by atoms with E-state index in [1.807, 2.05) is 0 Å². The van der Waals surface area contributed by atoms with E-state index < -0.39 is 15.9 Å². The van der Waals surface area contributed by atoms with Gasteiger partial charge in [-0.15, -0.1) is 0 Å². The number of aliphatic hydroxyl groups is 1. The van der Waals surface area contributed by atoms with Crippen molar-refractivity contribution in [3.63, 3.8) is 0 Å². The van der Waals surface area contributed by atoms with Crippen molar-refractivity contribution in [3.8, 4) is 0 Å². The molecular weight excluding hydrogens is 226 g/mol. The fourth-order valence-electron chi connectivity index (χ4n) is 2.86. The average molecular weight is 247 g/mol. The summed E-state index contributed by atoms with van der Waals surface area (Å²) in [7, 11) is -3.03. The Hall–Kier alpha value is -0.130. The first-order valence-electron chi connectivity index (χ1n) is 6.03. The third-order valence-corrected chi connectivity index (χ3v) is 5.93. The first kappa shape index (κ1) is 12.3. The number of rotatable bonds is 2. The van der Waals surface area contributed by atoms with Gasteiger partial charge in [-0.25, -0.2) is 8.42 Å². The fourth-order valence-corrected chi connectivity index (χ4v) is 4.62. The molecule has 1 aliphatic heterocycles. The molecule has 0 aromatic rings. The predicted molar refractivity (Wildman–Crippen MR) is 62.9 cm³/mol. The number of sulfone groups is 1. The summed E-state index contributed by atoms with van der Waals surface area (Å²) in [6.07, 6.45) is 1.55. The van der Waals surface area contributed by atoms with E-state index >= 15 is 0 Å². The minimum atomic E-state index is -3.03. The monoisotopic (exact) mass is 247 g/mol. The summed E-state index contributed by atoms with van der Waals surface area (Å²) < 4.78 is 22.7. The van der Waals surface area contributed by atoms with Crippen molar-refractivity contribution in [3.05, 3.63) is 0 Å². The lowest BCUT2D eigenvalue weighted by molar-refractivity contribution is 0.153. The molecule has 0 aromatic carbocycles. The van der Waals surface area contributed by atoms with E-state index in [0.717, 1.165) is 6.42 Å². The van der Waals surface area contributed by atoms with Gasteiger partial charge in [-0.05, 0) is 24.7 Å². The third kappa shape index (κ3) is 2.41. The number of hydrogen-bond donors (Lipinski definition) is 2. The van der Waals surface area contributed by atoms with Crippen LogP contribution in [0.3, 0.4) is 0 Å². The third-order valence-electron chi connectivity index (χ3n) is 4.22. The Morgan fingerprint density at radius 3 is 2.25 bits per heavy atom. The van der Waals surface area contributed by atoms with Gasteiger partial charge in [-0.3, -0.25) is 0 Å². The molecule has 1 heterocycles. The van der Waals surface area contributed by atoms with E-state index in [1.54, 1.807) is 0 Å². The Morgan fingerprint density at radius 2 is 1.81 bits per heavy atom. The van der Waals surface area contributed by atoms with Gasteiger partial charge in [0.05, 0.1) is 17.6 Å². The van der Waals surface area contributed by atoms with Crippen molar-refractivity contribution in [2.75, 3.05) is 11.5 Å². The quantitative estimate of drug-likeness (QED) is 0.730. The van der Waals surface area contributed by atoms with Crippen LogP contribution in [-0.4, -0.2) is 43.2 Å². The summed E-state index contributed by atoms with van der Waals surface area (Å²) in [6.45, 7) is 4.43. The van der Waals surface area contributed by atoms with Crippen LogP contribution in [0.5, 0.6) is 0 Å². The summed E-state index contributed by atoms with van der Waals surface area (Å²) in [6, 6.07) is 0.102. The van der Waals surface area contributed by atoms with Crippen LogP contribution in [0.1, 0.15) is 26.7 Å². The summed E-state index contributed by atoms with van der Waals surface area (Å²) in [5.74, 6) is 1.26.